The van der Waals surface area contributed by atoms with Crippen molar-refractivity contribution in [1.29, 1.82) is 0 Å². The van der Waals surface area contributed by atoms with E-state index >= 15 is 0 Å². The number of rotatable bonds is 18. The Morgan fingerprint density at radius 1 is 0.738 bits per heavy atom. The minimum Gasteiger partial charge on any atom is -0.508 e. The first-order valence-electron chi connectivity index (χ1n) is 22.7. The molecule has 0 spiro atoms. The Labute approximate surface area is 381 Å². The van der Waals surface area contributed by atoms with E-state index in [0.717, 1.165) is 51.1 Å². The molecule has 7 rings (SSSR count). The maximum absolute atomic E-state index is 14.3. The van der Waals surface area contributed by atoms with Gasteiger partial charge in [0.05, 0.1) is 35.5 Å². The summed E-state index contributed by atoms with van der Waals surface area (Å²) < 4.78 is 0. The number of nitrogens with two attached hydrogens (primary N) is 1. The topological polar surface area (TPSA) is 211 Å². The summed E-state index contributed by atoms with van der Waals surface area (Å²) in [6.45, 7) is 1.66. The van der Waals surface area contributed by atoms with E-state index in [1.807, 2.05) is 0 Å². The van der Waals surface area contributed by atoms with Crippen LogP contribution in [0.1, 0.15) is 88.2 Å². The highest BCUT2D eigenvalue weighted by atomic mass is 31.2. The fourth-order valence-electron chi connectivity index (χ4n) is 10.7. The van der Waals surface area contributed by atoms with Crippen LogP contribution in [-0.2, 0) is 19.2 Å². The number of aliphatic hydroxyl groups is 4. The van der Waals surface area contributed by atoms with Crippen molar-refractivity contribution >= 4 is 58.0 Å². The molecule has 8 N–H and O–H groups in total. The highest BCUT2D eigenvalue weighted by molar-refractivity contribution is 7.95. The van der Waals surface area contributed by atoms with E-state index in [1.165, 1.54) is 47.4 Å². The maximum atomic E-state index is 14.3. The number of hydrogen-bond acceptors (Lipinski definition) is 10. The predicted molar refractivity (Wildman–Crippen MR) is 255 cm³/mol. The molecule has 2 amide bonds. The van der Waals surface area contributed by atoms with Crippen molar-refractivity contribution < 1.29 is 44.7 Å². The SMILES string of the molecule is C[C@H]1c2ccc(NC(=O)CCCCCCCCCCC[P+](c3ccccc3)(c3ccccc3)c3ccccc3)c(O)c2C(O)=C2C(=O)[C@]3(O)C(O)=C(C(N)=O)C(=O)[C@@H](N(C)C)[C@@H]3[C@@H](O)[C@@H]21. The number of aromatic hydroxyl groups is 1. The summed E-state index contributed by atoms with van der Waals surface area (Å²) in [6.07, 6.45) is 8.95. The number of amides is 2. The highest BCUT2D eigenvalue weighted by Crippen LogP contribution is 2.58. The Morgan fingerprint density at radius 3 is 1.72 bits per heavy atom. The predicted octanol–water partition coefficient (Wildman–Crippen LogP) is 6.33. The molecule has 6 atom stereocenters. The second-order valence-electron chi connectivity index (χ2n) is 18.0. The number of hydrogen-bond donors (Lipinski definition) is 7. The second-order valence-corrected chi connectivity index (χ2v) is 21.6. The van der Waals surface area contributed by atoms with Gasteiger partial charge in [-0.3, -0.25) is 24.1 Å². The van der Waals surface area contributed by atoms with Crippen LogP contribution in [0.15, 0.2) is 120 Å². The van der Waals surface area contributed by atoms with Crippen molar-refractivity contribution in [2.24, 2.45) is 17.6 Å². The van der Waals surface area contributed by atoms with Crippen LogP contribution in [-0.4, -0.2) is 91.8 Å². The van der Waals surface area contributed by atoms with E-state index in [9.17, 15) is 44.7 Å². The van der Waals surface area contributed by atoms with Crippen LogP contribution in [0.5, 0.6) is 5.75 Å². The standard InChI is InChI=1S/C52H60N3O9P/c1-32-36-29-30-37(45(57)40(36)46(58)41-39(32)47(59)43-44(55(2)3)48(60)42(51(53)63)50(62)52(43,64)49(41)61)54-38(56)28-20-9-7-5-4-6-8-10-21-31-65(33-22-14-11-15-23-33,34-24-16-12-17-25-34)35-26-18-13-19-27-35/h11-19,22-27,29-30,32,39,43-44,47,59,64H,4-10,20-21,28,31H2,1-3H3,(H5-,53,54,56,57,58,60,61,62,63)/p+1/t32-,39+,43+,44-,47-,52-/m0/s1. The average molecular weight is 903 g/mol. The van der Waals surface area contributed by atoms with E-state index in [0.29, 0.717) is 12.0 Å². The Kier molecular flexibility index (Phi) is 14.4. The van der Waals surface area contributed by atoms with Gasteiger partial charge >= 0.3 is 0 Å². The van der Waals surface area contributed by atoms with Crippen molar-refractivity contribution in [3.63, 3.8) is 0 Å². The Bertz CT molecular complexity index is 2380. The molecule has 0 heterocycles. The molecule has 0 unspecified atom stereocenters. The number of aliphatic hydroxyl groups excluding tert-OH is 3. The molecule has 65 heavy (non-hydrogen) atoms. The van der Waals surface area contributed by atoms with Crippen LogP contribution < -0.4 is 27.0 Å². The first-order chi connectivity index (χ1) is 31.2. The number of phenols is 1. The number of unbranched alkanes of at least 4 members (excludes halogenated alkanes) is 8. The zero-order valence-electron chi connectivity index (χ0n) is 37.3. The summed E-state index contributed by atoms with van der Waals surface area (Å²) in [5.41, 5.74) is 1.11. The summed E-state index contributed by atoms with van der Waals surface area (Å²) in [5.74, 6) is -10.1. The molecule has 0 saturated heterocycles. The number of anilines is 1. The summed E-state index contributed by atoms with van der Waals surface area (Å²) >= 11 is 0. The number of nitrogens with zero attached hydrogens (tertiary/aromatic N) is 1. The fraction of sp³-hybridized carbons (Fsp3) is 0.385. The molecule has 4 aromatic rings. The van der Waals surface area contributed by atoms with Gasteiger partial charge in [-0.1, -0.05) is 106 Å². The fourth-order valence-corrected chi connectivity index (χ4v) is 15.1. The number of carbonyl (C=O) groups excluding carboxylic acids is 4. The molecule has 12 nitrogen and oxygen atoms in total. The third kappa shape index (κ3) is 8.65. The largest absolute Gasteiger partial charge is 0.508 e. The Morgan fingerprint density at radius 2 is 1.23 bits per heavy atom. The molecule has 1 saturated carbocycles. The average Bonchev–Trinajstić information content (AvgIpc) is 3.29. The van der Waals surface area contributed by atoms with Gasteiger partial charge in [0.15, 0.2) is 11.4 Å². The van der Waals surface area contributed by atoms with Crippen molar-refractivity contribution in [3.05, 3.63) is 131 Å². The number of carbonyl (C=O) groups is 4. The Balaban J connectivity index is 0.919. The number of likely N-dealkylation sites (N-methyl/N-ethyl adjacent to an activating group) is 1. The van der Waals surface area contributed by atoms with Gasteiger partial charge in [0, 0.05) is 17.9 Å². The minimum atomic E-state index is -3.01. The quantitative estimate of drug-likeness (QED) is 0.0255. The van der Waals surface area contributed by atoms with E-state index in [1.54, 1.807) is 13.0 Å². The molecular weight excluding hydrogens is 842 g/mol. The van der Waals surface area contributed by atoms with Crippen LogP contribution in [0, 0.1) is 11.8 Å². The molecule has 3 aliphatic carbocycles. The lowest BCUT2D eigenvalue weighted by Crippen LogP contribution is -2.70. The molecule has 0 radical (unpaired) electrons. The number of phenolic OH excluding ortho intramolecular Hbond substituents is 1. The third-order valence-electron chi connectivity index (χ3n) is 13.9. The molecule has 0 aliphatic heterocycles. The second kappa shape index (κ2) is 19.8. The summed E-state index contributed by atoms with van der Waals surface area (Å²) in [7, 11) is 1.09. The van der Waals surface area contributed by atoms with Crippen molar-refractivity contribution in [1.82, 2.24) is 4.90 Å². The molecular formula is C52H61N3O9P+. The number of fused-ring (bicyclic) bond motifs is 3. The number of benzene rings is 4. The number of nitrogens with one attached hydrogen (secondary N) is 1. The van der Waals surface area contributed by atoms with Gasteiger partial charge in [-0.25, -0.2) is 0 Å². The third-order valence-corrected chi connectivity index (χ3v) is 18.4. The van der Waals surface area contributed by atoms with E-state index in [-0.39, 0.29) is 23.6 Å². The van der Waals surface area contributed by atoms with Crippen molar-refractivity contribution in [2.45, 2.75) is 94.8 Å². The van der Waals surface area contributed by atoms with E-state index < -0.39 is 88.7 Å². The first kappa shape index (κ1) is 47.3. The van der Waals surface area contributed by atoms with Gasteiger partial charge in [0.1, 0.15) is 46.0 Å². The van der Waals surface area contributed by atoms with Gasteiger partial charge < -0.3 is 36.6 Å². The zero-order chi connectivity index (χ0) is 46.6. The van der Waals surface area contributed by atoms with Crippen LogP contribution in [0.4, 0.5) is 5.69 Å². The first-order valence-corrected chi connectivity index (χ1v) is 24.7. The lowest BCUT2D eigenvalue weighted by molar-refractivity contribution is -0.169. The summed E-state index contributed by atoms with van der Waals surface area (Å²) in [5, 5.41) is 65.0. The molecule has 13 heteroatoms. The van der Waals surface area contributed by atoms with Crippen LogP contribution in [0.25, 0.3) is 5.76 Å². The smallest absolute Gasteiger partial charge is 0.255 e. The Hall–Kier alpha value is -5.65. The van der Waals surface area contributed by atoms with E-state index in [4.69, 9.17) is 5.73 Å². The van der Waals surface area contributed by atoms with Gasteiger partial charge in [-0.05, 0) is 87.3 Å². The van der Waals surface area contributed by atoms with Crippen LogP contribution >= 0.6 is 7.26 Å². The molecule has 0 bridgehead atoms. The number of primary amides is 1. The lowest BCUT2D eigenvalue weighted by Gasteiger charge is -2.53. The zero-order valence-corrected chi connectivity index (χ0v) is 38.2. The molecule has 1 fully saturated rings. The minimum absolute atomic E-state index is 0.00248. The van der Waals surface area contributed by atoms with Crippen LogP contribution in [0.2, 0.25) is 0 Å². The number of ketones is 2. The monoisotopic (exact) mass is 902 g/mol. The molecule has 4 aromatic carbocycles. The van der Waals surface area contributed by atoms with Crippen molar-refractivity contribution in [3.8, 4) is 5.75 Å². The van der Waals surface area contributed by atoms with Gasteiger partial charge in [-0.2, -0.15) is 0 Å². The number of Topliss-reactive ketones (excluding diaryl/α,β-unsaturated/α-hetero) is 2. The van der Waals surface area contributed by atoms with Gasteiger partial charge in [-0.15, -0.1) is 0 Å². The highest BCUT2D eigenvalue weighted by Gasteiger charge is 2.68. The molecule has 342 valence electrons. The van der Waals surface area contributed by atoms with Gasteiger partial charge in [0.25, 0.3) is 5.91 Å². The van der Waals surface area contributed by atoms with Gasteiger partial charge in [0.2, 0.25) is 11.7 Å². The molecule has 3 aliphatic rings. The molecule has 0 aromatic heterocycles. The normalized spacial score (nSPS) is 23.0. The summed E-state index contributed by atoms with van der Waals surface area (Å²) in [6, 6.07) is 34.6. The van der Waals surface area contributed by atoms with Crippen molar-refractivity contribution in [2.75, 3.05) is 25.6 Å². The van der Waals surface area contributed by atoms with Crippen LogP contribution in [0.3, 0.4) is 0 Å². The lowest BCUT2D eigenvalue weighted by atomic mass is 9.54. The summed E-state index contributed by atoms with van der Waals surface area (Å²) in [4.78, 5) is 54.4. The van der Waals surface area contributed by atoms with E-state index in [2.05, 4.69) is 96.3 Å². The maximum Gasteiger partial charge on any atom is 0.255 e.